The number of halogens is 1. The average molecular weight is 450 g/mol. The first kappa shape index (κ1) is 21.1. The Kier molecular flexibility index (Phi) is 5.49. The molecule has 0 spiro atoms. The molecule has 4 heterocycles. The van der Waals surface area contributed by atoms with Gasteiger partial charge in [-0.15, -0.1) is 0 Å². The second-order valence-corrected chi connectivity index (χ2v) is 10.3. The van der Waals surface area contributed by atoms with E-state index in [4.69, 9.17) is 11.6 Å². The Morgan fingerprint density at radius 3 is 2.81 bits per heavy atom. The molecule has 1 saturated carbocycles. The second-order valence-electron chi connectivity index (χ2n) is 9.88. The molecule has 32 heavy (non-hydrogen) atoms. The van der Waals surface area contributed by atoms with E-state index in [-0.39, 0.29) is 17.2 Å². The van der Waals surface area contributed by atoms with Crippen molar-refractivity contribution in [3.63, 3.8) is 0 Å². The quantitative estimate of drug-likeness (QED) is 0.571. The SMILES string of the molecule is CC1(C)Cc2c(-c3cc(NC(=O)[C@@H]4CCC[C@@H](c5ccncc5)C4)ncc3Cl)cnn2C1. The number of fused-ring (bicyclic) bond motifs is 1. The van der Waals surface area contributed by atoms with E-state index in [2.05, 4.69) is 51.0 Å². The van der Waals surface area contributed by atoms with Crippen LogP contribution < -0.4 is 5.32 Å². The van der Waals surface area contributed by atoms with Crippen LogP contribution in [0.5, 0.6) is 0 Å². The average Bonchev–Trinajstić information content (AvgIpc) is 3.30. The molecule has 7 heteroatoms. The summed E-state index contributed by atoms with van der Waals surface area (Å²) in [6.07, 6.45) is 12.0. The van der Waals surface area contributed by atoms with Gasteiger partial charge >= 0.3 is 0 Å². The van der Waals surface area contributed by atoms with E-state index in [1.165, 1.54) is 11.3 Å². The Bertz CT molecular complexity index is 1140. The van der Waals surface area contributed by atoms with Crippen molar-refractivity contribution in [3.05, 3.63) is 59.3 Å². The van der Waals surface area contributed by atoms with Gasteiger partial charge < -0.3 is 5.32 Å². The molecule has 1 aliphatic carbocycles. The molecule has 0 radical (unpaired) electrons. The summed E-state index contributed by atoms with van der Waals surface area (Å²) in [5, 5.41) is 8.17. The molecule has 1 fully saturated rings. The molecule has 3 aromatic heterocycles. The normalized spacial score (nSPS) is 21.8. The maximum Gasteiger partial charge on any atom is 0.228 e. The molecule has 1 N–H and O–H groups in total. The van der Waals surface area contributed by atoms with Crippen molar-refractivity contribution < 1.29 is 4.79 Å². The molecular weight excluding hydrogens is 422 g/mol. The Balaban J connectivity index is 1.33. The minimum Gasteiger partial charge on any atom is -0.310 e. The number of aromatic nitrogens is 4. The highest BCUT2D eigenvalue weighted by molar-refractivity contribution is 6.33. The van der Waals surface area contributed by atoms with Gasteiger partial charge in [0.15, 0.2) is 0 Å². The Hall–Kier alpha value is -2.73. The van der Waals surface area contributed by atoms with Crippen LogP contribution in [-0.2, 0) is 17.8 Å². The van der Waals surface area contributed by atoms with E-state index in [9.17, 15) is 4.79 Å². The highest BCUT2D eigenvalue weighted by atomic mass is 35.5. The summed E-state index contributed by atoms with van der Waals surface area (Å²) >= 11 is 6.52. The van der Waals surface area contributed by atoms with Crippen LogP contribution >= 0.6 is 11.6 Å². The monoisotopic (exact) mass is 449 g/mol. The number of hydrogen-bond acceptors (Lipinski definition) is 4. The molecule has 2 atom stereocenters. The molecule has 5 rings (SSSR count). The van der Waals surface area contributed by atoms with Gasteiger partial charge in [-0.05, 0) is 60.8 Å². The number of rotatable bonds is 4. The van der Waals surface area contributed by atoms with Gasteiger partial charge in [-0.3, -0.25) is 14.5 Å². The van der Waals surface area contributed by atoms with Gasteiger partial charge in [0.25, 0.3) is 0 Å². The van der Waals surface area contributed by atoms with Gasteiger partial charge in [-0.25, -0.2) is 4.98 Å². The van der Waals surface area contributed by atoms with Crippen molar-refractivity contribution in [3.8, 4) is 11.1 Å². The van der Waals surface area contributed by atoms with Gasteiger partial charge in [0, 0.05) is 47.9 Å². The maximum atomic E-state index is 13.1. The topological polar surface area (TPSA) is 72.7 Å². The van der Waals surface area contributed by atoms with E-state index in [0.717, 1.165) is 49.8 Å². The van der Waals surface area contributed by atoms with Crippen LogP contribution in [0.4, 0.5) is 5.82 Å². The summed E-state index contributed by atoms with van der Waals surface area (Å²) in [4.78, 5) is 21.6. The lowest BCUT2D eigenvalue weighted by Gasteiger charge is -2.28. The zero-order valence-electron chi connectivity index (χ0n) is 18.5. The Morgan fingerprint density at radius 1 is 1.19 bits per heavy atom. The van der Waals surface area contributed by atoms with Crippen molar-refractivity contribution in [1.29, 1.82) is 0 Å². The lowest BCUT2D eigenvalue weighted by atomic mass is 9.78. The first-order valence-electron chi connectivity index (χ1n) is 11.3. The van der Waals surface area contributed by atoms with Crippen LogP contribution in [0.1, 0.15) is 56.7 Å². The third-order valence-electron chi connectivity index (χ3n) is 6.79. The summed E-state index contributed by atoms with van der Waals surface area (Å²) in [6.45, 7) is 5.39. The number of anilines is 1. The minimum atomic E-state index is -0.0240. The Labute approximate surface area is 193 Å². The van der Waals surface area contributed by atoms with Crippen molar-refractivity contribution >= 4 is 23.3 Å². The standard InChI is InChI=1S/C25H28ClN5O/c1-25(2)12-22-20(13-29-31(22)15-25)19-11-23(28-14-21(19)26)30-24(32)18-5-3-4-17(10-18)16-6-8-27-9-7-16/h6-9,11,13-14,17-18H,3-5,10,12,15H2,1-2H3,(H,28,30,32)/t17-,18-/m1/s1. The fourth-order valence-electron chi connectivity index (χ4n) is 5.18. The number of carbonyl (C=O) groups excluding carboxylic acids is 1. The molecule has 1 aliphatic heterocycles. The largest absolute Gasteiger partial charge is 0.310 e. The van der Waals surface area contributed by atoms with Crippen LogP contribution in [0.3, 0.4) is 0 Å². The maximum absolute atomic E-state index is 13.1. The molecule has 0 saturated heterocycles. The first-order valence-corrected chi connectivity index (χ1v) is 11.7. The lowest BCUT2D eigenvalue weighted by Crippen LogP contribution is -2.27. The molecule has 0 unspecified atom stereocenters. The van der Waals surface area contributed by atoms with Gasteiger partial charge in [-0.2, -0.15) is 5.10 Å². The van der Waals surface area contributed by atoms with Crippen LogP contribution in [0, 0.1) is 11.3 Å². The van der Waals surface area contributed by atoms with Crippen molar-refractivity contribution in [2.24, 2.45) is 11.3 Å². The summed E-state index contributed by atoms with van der Waals surface area (Å²) in [5.74, 6) is 0.946. The van der Waals surface area contributed by atoms with Crippen LogP contribution in [0.15, 0.2) is 43.0 Å². The number of nitrogens with zero attached hydrogens (tertiary/aromatic N) is 4. The highest BCUT2D eigenvalue weighted by Crippen LogP contribution is 2.40. The summed E-state index contributed by atoms with van der Waals surface area (Å²) < 4.78 is 2.06. The van der Waals surface area contributed by atoms with Gasteiger partial charge in [0.2, 0.25) is 5.91 Å². The van der Waals surface area contributed by atoms with Gasteiger partial charge in [0.1, 0.15) is 5.82 Å². The van der Waals surface area contributed by atoms with Crippen molar-refractivity contribution in [2.75, 3.05) is 5.32 Å². The molecule has 2 aliphatic rings. The second kappa shape index (κ2) is 8.32. The molecule has 0 aromatic carbocycles. The number of pyridine rings is 2. The summed E-state index contributed by atoms with van der Waals surface area (Å²) in [6, 6.07) is 6.00. The molecular formula is C25H28ClN5O. The van der Waals surface area contributed by atoms with Gasteiger partial charge in [-0.1, -0.05) is 31.9 Å². The lowest BCUT2D eigenvalue weighted by molar-refractivity contribution is -0.120. The molecule has 6 nitrogen and oxygen atoms in total. The zero-order valence-corrected chi connectivity index (χ0v) is 19.3. The van der Waals surface area contributed by atoms with Crippen LogP contribution in [-0.4, -0.2) is 25.7 Å². The van der Waals surface area contributed by atoms with E-state index in [0.29, 0.717) is 16.8 Å². The summed E-state index contributed by atoms with van der Waals surface area (Å²) in [7, 11) is 0. The third kappa shape index (κ3) is 4.16. The molecule has 1 amide bonds. The Morgan fingerprint density at radius 2 is 2.00 bits per heavy atom. The van der Waals surface area contributed by atoms with Crippen molar-refractivity contribution in [2.45, 2.75) is 58.4 Å². The highest BCUT2D eigenvalue weighted by Gasteiger charge is 2.32. The molecule has 3 aromatic rings. The first-order chi connectivity index (χ1) is 15.4. The third-order valence-corrected chi connectivity index (χ3v) is 7.09. The zero-order chi connectivity index (χ0) is 22.3. The molecule has 166 valence electrons. The van der Waals surface area contributed by atoms with Crippen LogP contribution in [0.25, 0.3) is 11.1 Å². The number of nitrogens with one attached hydrogen (secondary N) is 1. The fourth-order valence-corrected chi connectivity index (χ4v) is 5.39. The van der Waals surface area contributed by atoms with E-state index in [1.807, 2.05) is 24.7 Å². The predicted molar refractivity (Wildman–Crippen MR) is 126 cm³/mol. The smallest absolute Gasteiger partial charge is 0.228 e. The number of carbonyl (C=O) groups is 1. The van der Waals surface area contributed by atoms with E-state index < -0.39 is 0 Å². The molecule has 0 bridgehead atoms. The van der Waals surface area contributed by atoms with E-state index in [1.54, 1.807) is 6.20 Å². The minimum absolute atomic E-state index is 0.0240. The van der Waals surface area contributed by atoms with Crippen LogP contribution in [0.2, 0.25) is 5.02 Å². The summed E-state index contributed by atoms with van der Waals surface area (Å²) in [5.41, 5.74) is 4.53. The number of amides is 1. The fraction of sp³-hybridized carbons (Fsp3) is 0.440. The van der Waals surface area contributed by atoms with Crippen molar-refractivity contribution in [1.82, 2.24) is 19.7 Å². The van der Waals surface area contributed by atoms with Gasteiger partial charge in [0.05, 0.1) is 11.2 Å². The number of hydrogen-bond donors (Lipinski definition) is 1. The van der Waals surface area contributed by atoms with E-state index >= 15 is 0 Å². The predicted octanol–water partition coefficient (Wildman–Crippen LogP) is 5.49.